The largest absolute Gasteiger partial charge is 0.735 e. The molecule has 1 saturated heterocycles. The standard InChI is InChI=1S/C6H13NO8S/c8-1-2-4(9)5(10)3(6(11)15-2)7-16(12,13)14/h2-11H,1H2,(H,12,13,14)/p-1. The van der Waals surface area contributed by atoms with Crippen molar-refractivity contribution in [1.82, 2.24) is 4.72 Å². The Morgan fingerprint density at radius 1 is 1.25 bits per heavy atom. The molecule has 1 aliphatic heterocycles. The summed E-state index contributed by atoms with van der Waals surface area (Å²) in [5.74, 6) is 0. The van der Waals surface area contributed by atoms with Gasteiger partial charge in [0.2, 0.25) is 0 Å². The number of aliphatic hydroxyl groups is 4. The molecule has 96 valence electrons. The van der Waals surface area contributed by atoms with Gasteiger partial charge in [-0.3, -0.25) is 0 Å². The maximum Gasteiger partial charge on any atom is 0.174 e. The molecule has 10 heteroatoms. The average Bonchev–Trinajstić information content (AvgIpc) is 2.17. The second kappa shape index (κ2) is 4.89. The Hall–Kier alpha value is -0.330. The van der Waals surface area contributed by atoms with Crippen LogP contribution in [0.25, 0.3) is 0 Å². The molecule has 0 aromatic carbocycles. The molecule has 1 fully saturated rings. The fourth-order valence-corrected chi connectivity index (χ4v) is 1.98. The molecule has 16 heavy (non-hydrogen) atoms. The van der Waals surface area contributed by atoms with Crippen molar-refractivity contribution in [3.8, 4) is 0 Å². The summed E-state index contributed by atoms with van der Waals surface area (Å²) in [6, 6.07) is -1.68. The van der Waals surface area contributed by atoms with Crippen molar-refractivity contribution >= 4 is 10.3 Å². The van der Waals surface area contributed by atoms with Crippen LogP contribution in [0.4, 0.5) is 0 Å². The quantitative estimate of drug-likeness (QED) is 0.319. The minimum atomic E-state index is -4.91. The van der Waals surface area contributed by atoms with Crippen LogP contribution in [-0.2, 0) is 15.0 Å². The smallest absolute Gasteiger partial charge is 0.174 e. The number of aliphatic hydroxyl groups excluding tert-OH is 4. The Morgan fingerprint density at radius 2 is 1.81 bits per heavy atom. The average molecular weight is 258 g/mol. The van der Waals surface area contributed by atoms with Gasteiger partial charge in [-0.05, 0) is 0 Å². The van der Waals surface area contributed by atoms with E-state index < -0.39 is 47.6 Å². The van der Waals surface area contributed by atoms with Gasteiger partial charge in [0.15, 0.2) is 16.6 Å². The molecule has 0 amide bonds. The fraction of sp³-hybridized carbons (Fsp3) is 1.00. The van der Waals surface area contributed by atoms with Crippen molar-refractivity contribution in [2.45, 2.75) is 30.6 Å². The Labute approximate surface area is 91.2 Å². The van der Waals surface area contributed by atoms with E-state index in [1.807, 2.05) is 0 Å². The molecule has 1 heterocycles. The highest BCUT2D eigenvalue weighted by atomic mass is 32.2. The monoisotopic (exact) mass is 258 g/mol. The second-order valence-corrected chi connectivity index (χ2v) is 4.47. The van der Waals surface area contributed by atoms with E-state index in [4.69, 9.17) is 5.11 Å². The maximum absolute atomic E-state index is 10.4. The van der Waals surface area contributed by atoms with Crippen LogP contribution >= 0.6 is 0 Å². The fourth-order valence-electron chi connectivity index (χ4n) is 1.39. The lowest BCUT2D eigenvalue weighted by Crippen LogP contribution is -2.64. The van der Waals surface area contributed by atoms with Gasteiger partial charge in [0, 0.05) is 0 Å². The van der Waals surface area contributed by atoms with Crippen molar-refractivity contribution < 1.29 is 38.1 Å². The van der Waals surface area contributed by atoms with Crippen LogP contribution in [0.3, 0.4) is 0 Å². The van der Waals surface area contributed by atoms with Gasteiger partial charge in [0.05, 0.1) is 12.6 Å². The van der Waals surface area contributed by atoms with Crippen molar-refractivity contribution in [2.24, 2.45) is 0 Å². The molecule has 0 aliphatic carbocycles. The van der Waals surface area contributed by atoms with Crippen LogP contribution in [0.5, 0.6) is 0 Å². The van der Waals surface area contributed by atoms with E-state index in [1.165, 1.54) is 4.72 Å². The zero-order chi connectivity index (χ0) is 12.5. The first-order chi connectivity index (χ1) is 7.26. The Balaban J connectivity index is 2.80. The van der Waals surface area contributed by atoms with Gasteiger partial charge in [-0.2, -0.15) is 0 Å². The topological polar surface area (TPSA) is 159 Å². The first-order valence-corrected chi connectivity index (χ1v) is 5.70. The molecule has 0 spiro atoms. The summed E-state index contributed by atoms with van der Waals surface area (Å²) in [7, 11) is -4.91. The van der Waals surface area contributed by atoms with Crippen LogP contribution in [0.1, 0.15) is 0 Å². The van der Waals surface area contributed by atoms with Gasteiger partial charge in [0.1, 0.15) is 18.3 Å². The van der Waals surface area contributed by atoms with Crippen LogP contribution in [0.15, 0.2) is 0 Å². The van der Waals surface area contributed by atoms with Crippen molar-refractivity contribution in [1.29, 1.82) is 0 Å². The Bertz CT molecular complexity index is 331. The van der Waals surface area contributed by atoms with Crippen LogP contribution in [0.2, 0.25) is 0 Å². The van der Waals surface area contributed by atoms with Crippen LogP contribution < -0.4 is 4.72 Å². The summed E-state index contributed by atoms with van der Waals surface area (Å²) in [5.41, 5.74) is 0. The lowest BCUT2D eigenvalue weighted by Gasteiger charge is -2.40. The predicted molar refractivity (Wildman–Crippen MR) is 46.6 cm³/mol. The van der Waals surface area contributed by atoms with Gasteiger partial charge < -0.3 is 29.7 Å². The SMILES string of the molecule is O=S(=O)([O-])NC1C(O)OC(CO)C(O)C1O. The lowest BCUT2D eigenvalue weighted by molar-refractivity contribution is -0.251. The predicted octanol–water partition coefficient (Wildman–Crippen LogP) is -4.16. The van der Waals surface area contributed by atoms with E-state index in [0.717, 1.165) is 0 Å². The minimum Gasteiger partial charge on any atom is -0.735 e. The number of ether oxygens (including phenoxy) is 1. The van der Waals surface area contributed by atoms with Crippen molar-refractivity contribution in [3.05, 3.63) is 0 Å². The third-order valence-electron chi connectivity index (χ3n) is 2.18. The van der Waals surface area contributed by atoms with E-state index >= 15 is 0 Å². The summed E-state index contributed by atoms with van der Waals surface area (Å²) in [6.45, 7) is -0.674. The summed E-state index contributed by atoms with van der Waals surface area (Å²) in [6.07, 6.45) is -6.46. The summed E-state index contributed by atoms with van der Waals surface area (Å²) < 4.78 is 37.1. The summed E-state index contributed by atoms with van der Waals surface area (Å²) in [4.78, 5) is 0. The molecule has 0 bridgehead atoms. The van der Waals surface area contributed by atoms with E-state index in [0.29, 0.717) is 0 Å². The molecular weight excluding hydrogens is 246 g/mol. The second-order valence-electron chi connectivity index (χ2n) is 3.33. The van der Waals surface area contributed by atoms with Crippen LogP contribution in [0, 0.1) is 0 Å². The van der Waals surface area contributed by atoms with Gasteiger partial charge >= 0.3 is 0 Å². The third kappa shape index (κ3) is 3.09. The Morgan fingerprint density at radius 3 is 2.25 bits per heavy atom. The molecule has 0 aromatic heterocycles. The zero-order valence-electron chi connectivity index (χ0n) is 7.92. The van der Waals surface area contributed by atoms with Crippen molar-refractivity contribution in [3.63, 3.8) is 0 Å². The molecule has 9 nitrogen and oxygen atoms in total. The highest BCUT2D eigenvalue weighted by Gasteiger charge is 2.44. The molecule has 5 unspecified atom stereocenters. The van der Waals surface area contributed by atoms with E-state index in [9.17, 15) is 28.3 Å². The van der Waals surface area contributed by atoms with Crippen LogP contribution in [-0.4, -0.2) is 70.6 Å². The third-order valence-corrected chi connectivity index (χ3v) is 2.74. The number of rotatable bonds is 3. The van der Waals surface area contributed by atoms with E-state index in [-0.39, 0.29) is 0 Å². The Kier molecular flexibility index (Phi) is 4.20. The van der Waals surface area contributed by atoms with Crippen molar-refractivity contribution in [2.75, 3.05) is 6.61 Å². The molecule has 0 aromatic rings. The molecule has 0 saturated carbocycles. The number of hydrogen-bond donors (Lipinski definition) is 5. The first kappa shape index (κ1) is 13.7. The highest BCUT2D eigenvalue weighted by molar-refractivity contribution is 7.83. The van der Waals surface area contributed by atoms with Gasteiger partial charge in [0.25, 0.3) is 0 Å². The maximum atomic E-state index is 10.4. The molecule has 5 N–H and O–H groups in total. The first-order valence-electron chi connectivity index (χ1n) is 4.30. The molecule has 0 radical (unpaired) electrons. The molecule has 1 aliphatic rings. The molecule has 1 rings (SSSR count). The van der Waals surface area contributed by atoms with Gasteiger partial charge in [-0.15, -0.1) is 0 Å². The summed E-state index contributed by atoms with van der Waals surface area (Å²) >= 11 is 0. The molecular formula is C6H12NO8S-. The normalized spacial score (nSPS) is 40.9. The highest BCUT2D eigenvalue weighted by Crippen LogP contribution is 2.19. The number of hydrogen-bond acceptors (Lipinski definition) is 8. The van der Waals surface area contributed by atoms with Gasteiger partial charge in [-0.1, -0.05) is 0 Å². The molecule has 5 atom stereocenters. The van der Waals surface area contributed by atoms with E-state index in [2.05, 4.69) is 4.74 Å². The lowest BCUT2D eigenvalue weighted by atomic mass is 9.98. The van der Waals surface area contributed by atoms with Gasteiger partial charge in [-0.25, -0.2) is 13.1 Å². The zero-order valence-corrected chi connectivity index (χ0v) is 8.74. The minimum absolute atomic E-state index is 0.674. The summed E-state index contributed by atoms with van der Waals surface area (Å²) in [5, 5.41) is 36.7. The number of nitrogens with one attached hydrogen (secondary N) is 1. The van der Waals surface area contributed by atoms with E-state index in [1.54, 1.807) is 0 Å².